The minimum atomic E-state index is -1.16. The lowest BCUT2D eigenvalue weighted by Crippen LogP contribution is -2.43. The van der Waals surface area contributed by atoms with E-state index < -0.39 is 41.6 Å². The highest BCUT2D eigenvalue weighted by Gasteiger charge is 2.17. The second-order valence-electron chi connectivity index (χ2n) is 5.05. The molecule has 142 valence electrons. The molecule has 0 bridgehead atoms. The molecule has 2 N–H and O–H groups in total. The summed E-state index contributed by atoms with van der Waals surface area (Å²) in [7, 11) is 1.35. The van der Waals surface area contributed by atoms with Crippen LogP contribution in [0.5, 0.6) is 5.75 Å². The van der Waals surface area contributed by atoms with Gasteiger partial charge in [-0.25, -0.2) is 13.6 Å². The van der Waals surface area contributed by atoms with Gasteiger partial charge in [-0.15, -0.1) is 0 Å². The van der Waals surface area contributed by atoms with Crippen LogP contribution in [0.25, 0.3) is 0 Å². The van der Waals surface area contributed by atoms with E-state index in [1.807, 2.05) is 5.43 Å². The molecule has 0 aliphatic heterocycles. The zero-order valence-corrected chi connectivity index (χ0v) is 14.6. The fourth-order valence-corrected chi connectivity index (χ4v) is 2.12. The molecule has 0 aromatic heterocycles. The number of hydrogen-bond acceptors (Lipinski definition) is 5. The van der Waals surface area contributed by atoms with Crippen LogP contribution >= 0.6 is 11.6 Å². The van der Waals surface area contributed by atoms with E-state index in [4.69, 9.17) is 16.3 Å². The van der Waals surface area contributed by atoms with Crippen LogP contribution in [0.2, 0.25) is 5.02 Å². The maximum Gasteiger partial charge on any atom is 0.341 e. The highest BCUT2D eigenvalue weighted by atomic mass is 35.5. The van der Waals surface area contributed by atoms with E-state index in [2.05, 4.69) is 10.2 Å². The number of nitrogens with one attached hydrogen (secondary N) is 2. The second kappa shape index (κ2) is 8.95. The molecule has 0 heterocycles. The fraction of sp³-hybridized carbons (Fsp3) is 0.118. The van der Waals surface area contributed by atoms with E-state index in [0.29, 0.717) is 6.07 Å². The Morgan fingerprint density at radius 3 is 2.44 bits per heavy atom. The summed E-state index contributed by atoms with van der Waals surface area (Å²) in [6.45, 7) is -0.803. The Kier molecular flexibility index (Phi) is 6.67. The van der Waals surface area contributed by atoms with Gasteiger partial charge in [0, 0.05) is 11.1 Å². The Labute approximate surface area is 157 Å². The summed E-state index contributed by atoms with van der Waals surface area (Å²) in [6, 6.07) is 6.59. The van der Waals surface area contributed by atoms with Crippen LogP contribution in [0.1, 0.15) is 20.7 Å². The zero-order chi connectivity index (χ0) is 20.0. The number of methoxy groups -OCH3 is 1. The first-order chi connectivity index (χ1) is 12.8. The first-order valence-electron chi connectivity index (χ1n) is 7.36. The predicted molar refractivity (Wildman–Crippen MR) is 90.3 cm³/mol. The van der Waals surface area contributed by atoms with Crippen LogP contribution in [0.15, 0.2) is 36.4 Å². The molecule has 0 radical (unpaired) electrons. The fourth-order valence-electron chi connectivity index (χ4n) is 1.95. The van der Waals surface area contributed by atoms with E-state index in [-0.39, 0.29) is 16.3 Å². The van der Waals surface area contributed by atoms with Gasteiger partial charge >= 0.3 is 5.97 Å². The first-order valence-corrected chi connectivity index (χ1v) is 7.74. The summed E-state index contributed by atoms with van der Waals surface area (Å²) >= 11 is 5.81. The molecule has 2 aromatic carbocycles. The average molecular weight is 399 g/mol. The van der Waals surface area contributed by atoms with Gasteiger partial charge in [0.05, 0.1) is 18.2 Å². The minimum absolute atomic E-state index is 0.0654. The zero-order valence-electron chi connectivity index (χ0n) is 13.8. The number of carbonyl (C=O) groups is 3. The molecular formula is C17H13ClF2N2O5. The van der Waals surface area contributed by atoms with Crippen molar-refractivity contribution >= 4 is 29.4 Å². The number of amides is 2. The Balaban J connectivity index is 1.88. The van der Waals surface area contributed by atoms with Gasteiger partial charge in [0.1, 0.15) is 17.4 Å². The number of ether oxygens (including phenoxy) is 2. The predicted octanol–water partition coefficient (Wildman–Crippen LogP) is 2.24. The molecule has 10 heteroatoms. The van der Waals surface area contributed by atoms with Crippen LogP contribution in [-0.2, 0) is 9.53 Å². The molecule has 0 fully saturated rings. The summed E-state index contributed by atoms with van der Waals surface area (Å²) in [4.78, 5) is 35.4. The molecule has 2 rings (SSSR count). The van der Waals surface area contributed by atoms with Crippen molar-refractivity contribution in [3.63, 3.8) is 0 Å². The smallest absolute Gasteiger partial charge is 0.341 e. The molecular weight excluding hydrogens is 386 g/mol. The monoisotopic (exact) mass is 398 g/mol. The van der Waals surface area contributed by atoms with Crippen LogP contribution in [0.3, 0.4) is 0 Å². The van der Waals surface area contributed by atoms with Gasteiger partial charge < -0.3 is 9.47 Å². The molecule has 0 aliphatic rings. The highest BCUT2D eigenvalue weighted by molar-refractivity contribution is 6.31. The average Bonchev–Trinajstić information content (AvgIpc) is 2.64. The lowest BCUT2D eigenvalue weighted by molar-refractivity contribution is -0.125. The lowest BCUT2D eigenvalue weighted by Gasteiger charge is -2.11. The molecule has 2 aromatic rings. The van der Waals surface area contributed by atoms with Crippen molar-refractivity contribution < 1.29 is 32.6 Å². The molecule has 0 spiro atoms. The Hall–Kier alpha value is -3.20. The van der Waals surface area contributed by atoms with Crippen molar-refractivity contribution in [1.82, 2.24) is 10.9 Å². The standard InChI is InChI=1S/C17H13ClF2N2O5/c1-26-14-5-2-9(18)6-12(14)16(24)22-21-15(23)8-27-17(25)11-4-3-10(19)7-13(11)20/h2-7H,8H2,1H3,(H,21,23)(H,22,24). The molecule has 2 amide bonds. The summed E-state index contributed by atoms with van der Waals surface area (Å²) < 4.78 is 35.9. The topological polar surface area (TPSA) is 93.7 Å². The van der Waals surface area contributed by atoms with E-state index in [9.17, 15) is 23.2 Å². The van der Waals surface area contributed by atoms with Gasteiger partial charge in [-0.1, -0.05) is 11.6 Å². The van der Waals surface area contributed by atoms with Crippen LogP contribution < -0.4 is 15.6 Å². The van der Waals surface area contributed by atoms with Gasteiger partial charge in [-0.2, -0.15) is 0 Å². The third-order valence-corrected chi connectivity index (χ3v) is 3.44. The summed E-state index contributed by atoms with van der Waals surface area (Å²) in [6.07, 6.45) is 0. The van der Waals surface area contributed by atoms with Gasteiger partial charge in [-0.3, -0.25) is 20.4 Å². The first kappa shape index (κ1) is 20.1. The maximum absolute atomic E-state index is 13.4. The number of halogens is 3. The van der Waals surface area contributed by atoms with Crippen molar-refractivity contribution in [3.05, 3.63) is 64.2 Å². The van der Waals surface area contributed by atoms with Crippen molar-refractivity contribution in [2.75, 3.05) is 13.7 Å². The normalized spacial score (nSPS) is 10.1. The number of hydrazine groups is 1. The Bertz CT molecular complexity index is 892. The molecule has 0 unspecified atom stereocenters. The van der Waals surface area contributed by atoms with Gasteiger partial charge in [-0.05, 0) is 30.3 Å². The quantitative estimate of drug-likeness (QED) is 0.595. The Morgan fingerprint density at radius 2 is 1.78 bits per heavy atom. The number of rotatable bonds is 5. The molecule has 7 nitrogen and oxygen atoms in total. The molecule has 0 saturated heterocycles. The third-order valence-electron chi connectivity index (χ3n) is 3.21. The highest BCUT2D eigenvalue weighted by Crippen LogP contribution is 2.22. The molecule has 0 saturated carbocycles. The van der Waals surface area contributed by atoms with E-state index in [0.717, 1.165) is 12.1 Å². The van der Waals surface area contributed by atoms with Gasteiger partial charge in [0.2, 0.25) is 0 Å². The number of hydrogen-bond donors (Lipinski definition) is 2. The van der Waals surface area contributed by atoms with Crippen molar-refractivity contribution in [1.29, 1.82) is 0 Å². The van der Waals surface area contributed by atoms with Crippen molar-refractivity contribution in [3.8, 4) is 5.75 Å². The molecule has 27 heavy (non-hydrogen) atoms. The minimum Gasteiger partial charge on any atom is -0.496 e. The van der Waals surface area contributed by atoms with Crippen LogP contribution in [-0.4, -0.2) is 31.5 Å². The third kappa shape index (κ3) is 5.38. The lowest BCUT2D eigenvalue weighted by atomic mass is 10.2. The number of esters is 1. The largest absolute Gasteiger partial charge is 0.496 e. The van der Waals surface area contributed by atoms with Crippen molar-refractivity contribution in [2.45, 2.75) is 0 Å². The summed E-state index contributed by atoms with van der Waals surface area (Å²) in [5.41, 5.74) is 3.64. The van der Waals surface area contributed by atoms with Crippen LogP contribution in [0.4, 0.5) is 8.78 Å². The van der Waals surface area contributed by atoms with Gasteiger partial charge in [0.25, 0.3) is 11.8 Å². The van der Waals surface area contributed by atoms with E-state index >= 15 is 0 Å². The molecule has 0 aliphatic carbocycles. The summed E-state index contributed by atoms with van der Waals surface area (Å²) in [5, 5.41) is 0.280. The maximum atomic E-state index is 13.4. The van der Waals surface area contributed by atoms with Crippen LogP contribution in [0, 0.1) is 11.6 Å². The van der Waals surface area contributed by atoms with E-state index in [1.54, 1.807) is 0 Å². The van der Waals surface area contributed by atoms with Gasteiger partial charge in [0.15, 0.2) is 6.61 Å². The number of benzene rings is 2. The molecule has 0 atom stereocenters. The van der Waals surface area contributed by atoms with E-state index in [1.165, 1.54) is 25.3 Å². The second-order valence-corrected chi connectivity index (χ2v) is 5.48. The number of carbonyl (C=O) groups excluding carboxylic acids is 3. The SMILES string of the molecule is COc1ccc(Cl)cc1C(=O)NNC(=O)COC(=O)c1ccc(F)cc1F. The Morgan fingerprint density at radius 1 is 1.04 bits per heavy atom. The van der Waals surface area contributed by atoms with Crippen molar-refractivity contribution in [2.24, 2.45) is 0 Å². The summed E-state index contributed by atoms with van der Waals surface area (Å²) in [5.74, 6) is -4.53.